The van der Waals surface area contributed by atoms with Crippen LogP contribution >= 0.6 is 0 Å². The molecule has 0 aromatic heterocycles. The van der Waals surface area contributed by atoms with Gasteiger partial charge >= 0.3 is 0 Å². The van der Waals surface area contributed by atoms with E-state index in [-0.39, 0.29) is 18.6 Å². The summed E-state index contributed by atoms with van der Waals surface area (Å²) in [4.78, 5) is 12.0. The number of aryl methyl sites for hydroxylation is 1. The third-order valence-corrected chi connectivity index (χ3v) is 3.92. The number of carbonyl (C=O) groups is 1. The number of anilines is 2. The lowest BCUT2D eigenvalue weighted by Crippen LogP contribution is -2.22. The summed E-state index contributed by atoms with van der Waals surface area (Å²) in [6.07, 6.45) is 3.17. The van der Waals surface area contributed by atoms with E-state index in [1.165, 1.54) is 11.1 Å². The SMILES string of the molecule is Nc1ccc(NC(=O)COC2CCCc3ccccc32)cc1. The van der Waals surface area contributed by atoms with Crippen LogP contribution in [0.25, 0.3) is 0 Å². The lowest BCUT2D eigenvalue weighted by atomic mass is 9.89. The van der Waals surface area contributed by atoms with E-state index in [1.54, 1.807) is 24.3 Å². The van der Waals surface area contributed by atoms with Crippen LogP contribution in [0.4, 0.5) is 11.4 Å². The fraction of sp³-hybridized carbons (Fsp3) is 0.278. The van der Waals surface area contributed by atoms with Crippen molar-refractivity contribution in [2.75, 3.05) is 17.7 Å². The van der Waals surface area contributed by atoms with Crippen molar-refractivity contribution in [1.82, 2.24) is 0 Å². The minimum atomic E-state index is -0.146. The van der Waals surface area contributed by atoms with Gasteiger partial charge in [-0.25, -0.2) is 0 Å². The highest BCUT2D eigenvalue weighted by molar-refractivity contribution is 5.91. The molecule has 0 spiro atoms. The second kappa shape index (κ2) is 6.62. The number of ether oxygens (including phenoxy) is 1. The number of nitrogens with two attached hydrogens (primary N) is 1. The number of carbonyl (C=O) groups excluding carboxylic acids is 1. The van der Waals surface area contributed by atoms with Gasteiger partial charge in [0, 0.05) is 11.4 Å². The van der Waals surface area contributed by atoms with Crippen LogP contribution in [-0.2, 0) is 16.0 Å². The van der Waals surface area contributed by atoms with Gasteiger partial charge < -0.3 is 15.8 Å². The van der Waals surface area contributed by atoms with Gasteiger partial charge in [-0.3, -0.25) is 4.79 Å². The van der Waals surface area contributed by atoms with E-state index in [0.29, 0.717) is 5.69 Å². The molecule has 0 bridgehead atoms. The number of amides is 1. The summed E-state index contributed by atoms with van der Waals surface area (Å²) >= 11 is 0. The summed E-state index contributed by atoms with van der Waals surface area (Å²) in [5.41, 5.74) is 9.57. The maximum atomic E-state index is 12.0. The topological polar surface area (TPSA) is 64.3 Å². The Morgan fingerprint density at radius 2 is 1.95 bits per heavy atom. The van der Waals surface area contributed by atoms with Gasteiger partial charge in [0.25, 0.3) is 0 Å². The molecule has 3 rings (SSSR count). The Morgan fingerprint density at radius 3 is 2.77 bits per heavy atom. The number of hydrogen-bond acceptors (Lipinski definition) is 3. The zero-order valence-corrected chi connectivity index (χ0v) is 12.4. The van der Waals surface area contributed by atoms with Gasteiger partial charge in [0.15, 0.2) is 0 Å². The molecule has 0 aliphatic heterocycles. The third kappa shape index (κ3) is 3.46. The van der Waals surface area contributed by atoms with E-state index in [0.717, 1.165) is 24.9 Å². The molecule has 3 N–H and O–H groups in total. The van der Waals surface area contributed by atoms with E-state index in [2.05, 4.69) is 23.5 Å². The molecule has 4 heteroatoms. The molecular weight excluding hydrogens is 276 g/mol. The smallest absolute Gasteiger partial charge is 0.250 e. The highest BCUT2D eigenvalue weighted by atomic mass is 16.5. The molecular formula is C18H20N2O2. The molecule has 0 heterocycles. The average molecular weight is 296 g/mol. The van der Waals surface area contributed by atoms with Crippen molar-refractivity contribution in [3.63, 3.8) is 0 Å². The van der Waals surface area contributed by atoms with Gasteiger partial charge in [-0.05, 0) is 54.7 Å². The minimum absolute atomic E-state index is 0.0158. The van der Waals surface area contributed by atoms with Crippen LogP contribution in [0.15, 0.2) is 48.5 Å². The summed E-state index contributed by atoms with van der Waals surface area (Å²) < 4.78 is 5.83. The molecule has 2 aromatic rings. The Morgan fingerprint density at radius 1 is 1.18 bits per heavy atom. The number of fused-ring (bicyclic) bond motifs is 1. The first-order valence-corrected chi connectivity index (χ1v) is 7.57. The molecule has 1 amide bonds. The van der Waals surface area contributed by atoms with Crippen molar-refractivity contribution in [2.45, 2.75) is 25.4 Å². The Kier molecular flexibility index (Phi) is 4.39. The Balaban J connectivity index is 1.56. The van der Waals surface area contributed by atoms with Crippen LogP contribution in [0.1, 0.15) is 30.1 Å². The normalized spacial score (nSPS) is 16.8. The number of benzene rings is 2. The zero-order chi connectivity index (χ0) is 15.4. The van der Waals surface area contributed by atoms with Gasteiger partial charge in [0.1, 0.15) is 6.61 Å². The predicted molar refractivity (Wildman–Crippen MR) is 87.6 cm³/mol. The maximum Gasteiger partial charge on any atom is 0.250 e. The zero-order valence-electron chi connectivity index (χ0n) is 12.4. The summed E-state index contributed by atoms with van der Waals surface area (Å²) in [6.45, 7) is 0.0589. The van der Waals surface area contributed by atoms with Gasteiger partial charge in [0.05, 0.1) is 6.10 Å². The molecule has 0 saturated heterocycles. The molecule has 0 radical (unpaired) electrons. The van der Waals surface area contributed by atoms with Crippen LogP contribution in [-0.4, -0.2) is 12.5 Å². The molecule has 1 atom stereocenters. The van der Waals surface area contributed by atoms with Crippen molar-refractivity contribution < 1.29 is 9.53 Å². The van der Waals surface area contributed by atoms with Gasteiger partial charge in [-0.15, -0.1) is 0 Å². The number of rotatable bonds is 4. The fourth-order valence-electron chi connectivity index (χ4n) is 2.82. The van der Waals surface area contributed by atoms with Crippen LogP contribution < -0.4 is 11.1 Å². The van der Waals surface area contributed by atoms with E-state index in [9.17, 15) is 4.79 Å². The Hall–Kier alpha value is -2.33. The first-order valence-electron chi connectivity index (χ1n) is 7.57. The Bertz CT molecular complexity index is 652. The fourth-order valence-corrected chi connectivity index (χ4v) is 2.82. The average Bonchev–Trinajstić information content (AvgIpc) is 2.55. The summed E-state index contributed by atoms with van der Waals surface area (Å²) in [6, 6.07) is 15.4. The highest BCUT2D eigenvalue weighted by Gasteiger charge is 2.21. The van der Waals surface area contributed by atoms with Crippen LogP contribution in [0.3, 0.4) is 0 Å². The van der Waals surface area contributed by atoms with Crippen molar-refractivity contribution in [3.05, 3.63) is 59.7 Å². The molecule has 1 unspecified atom stereocenters. The van der Waals surface area contributed by atoms with E-state index < -0.39 is 0 Å². The molecule has 0 fully saturated rings. The van der Waals surface area contributed by atoms with Crippen molar-refractivity contribution >= 4 is 17.3 Å². The Labute approximate surface area is 130 Å². The summed E-state index contributed by atoms with van der Waals surface area (Å²) in [7, 11) is 0. The molecule has 4 nitrogen and oxygen atoms in total. The van der Waals surface area contributed by atoms with Gasteiger partial charge in [-0.2, -0.15) is 0 Å². The van der Waals surface area contributed by atoms with E-state index in [4.69, 9.17) is 10.5 Å². The monoisotopic (exact) mass is 296 g/mol. The quantitative estimate of drug-likeness (QED) is 0.851. The van der Waals surface area contributed by atoms with Gasteiger partial charge in [-0.1, -0.05) is 24.3 Å². The van der Waals surface area contributed by atoms with Gasteiger partial charge in [0.2, 0.25) is 5.91 Å². The highest BCUT2D eigenvalue weighted by Crippen LogP contribution is 2.32. The van der Waals surface area contributed by atoms with Crippen molar-refractivity contribution in [1.29, 1.82) is 0 Å². The second-order valence-corrected chi connectivity index (χ2v) is 5.56. The number of nitrogen functional groups attached to an aromatic ring is 1. The third-order valence-electron chi connectivity index (χ3n) is 3.92. The molecule has 2 aromatic carbocycles. The van der Waals surface area contributed by atoms with Crippen LogP contribution in [0, 0.1) is 0 Å². The van der Waals surface area contributed by atoms with Crippen molar-refractivity contribution in [2.24, 2.45) is 0 Å². The predicted octanol–water partition coefficient (Wildman–Crippen LogP) is 3.30. The lowest BCUT2D eigenvalue weighted by molar-refractivity contribution is -0.123. The van der Waals surface area contributed by atoms with E-state index in [1.807, 2.05) is 6.07 Å². The summed E-state index contributed by atoms with van der Waals surface area (Å²) in [5, 5.41) is 2.81. The number of nitrogens with one attached hydrogen (secondary N) is 1. The number of hydrogen-bond donors (Lipinski definition) is 2. The van der Waals surface area contributed by atoms with E-state index >= 15 is 0 Å². The molecule has 22 heavy (non-hydrogen) atoms. The largest absolute Gasteiger partial charge is 0.399 e. The van der Waals surface area contributed by atoms with Crippen LogP contribution in [0.2, 0.25) is 0 Å². The molecule has 1 aliphatic carbocycles. The molecule has 0 saturated carbocycles. The van der Waals surface area contributed by atoms with Crippen LogP contribution in [0.5, 0.6) is 0 Å². The second-order valence-electron chi connectivity index (χ2n) is 5.56. The first-order chi connectivity index (χ1) is 10.7. The standard InChI is InChI=1S/C18H20N2O2/c19-14-8-10-15(11-9-14)20-18(21)12-22-17-7-3-5-13-4-1-2-6-16(13)17/h1-2,4,6,8-11,17H,3,5,7,12,19H2,(H,20,21). The van der Waals surface area contributed by atoms with Crippen molar-refractivity contribution in [3.8, 4) is 0 Å². The lowest BCUT2D eigenvalue weighted by Gasteiger charge is -2.25. The first kappa shape index (κ1) is 14.6. The molecule has 114 valence electrons. The maximum absolute atomic E-state index is 12.0. The summed E-state index contributed by atoms with van der Waals surface area (Å²) in [5.74, 6) is -0.146. The minimum Gasteiger partial charge on any atom is -0.399 e. The molecule has 1 aliphatic rings.